The third-order valence-corrected chi connectivity index (χ3v) is 6.13. The van der Waals surface area contributed by atoms with Crippen molar-refractivity contribution in [2.75, 3.05) is 17.7 Å². The zero-order valence-corrected chi connectivity index (χ0v) is 20.4. The van der Waals surface area contributed by atoms with Gasteiger partial charge in [-0.1, -0.05) is 23.4 Å². The minimum atomic E-state index is -0.395. The van der Waals surface area contributed by atoms with Gasteiger partial charge >= 0.3 is 5.97 Å². The predicted molar refractivity (Wildman–Crippen MR) is 128 cm³/mol. The summed E-state index contributed by atoms with van der Waals surface area (Å²) in [5.41, 5.74) is 1.95. The summed E-state index contributed by atoms with van der Waals surface area (Å²) in [6, 6.07) is 12.0. The van der Waals surface area contributed by atoms with Gasteiger partial charge in [0.15, 0.2) is 17.1 Å². The molecule has 33 heavy (non-hydrogen) atoms. The number of hydrogen-bond acceptors (Lipinski definition) is 7. The van der Waals surface area contributed by atoms with E-state index in [2.05, 4.69) is 15.5 Å². The highest BCUT2D eigenvalue weighted by molar-refractivity contribution is 7.99. The number of amides is 1. The van der Waals surface area contributed by atoms with Crippen molar-refractivity contribution in [3.05, 3.63) is 64.4 Å². The summed E-state index contributed by atoms with van der Waals surface area (Å²) in [7, 11) is 1.83. The van der Waals surface area contributed by atoms with Gasteiger partial charge in [0.2, 0.25) is 5.91 Å². The highest BCUT2D eigenvalue weighted by Crippen LogP contribution is 2.26. The van der Waals surface area contributed by atoms with Crippen molar-refractivity contribution in [2.45, 2.75) is 32.0 Å². The standard InChI is InChI=1S/C23H25ClN4O4S/c1-5-31-22(30)16-6-8-17(9-7-16)25-20(29)13-33-23-27-26-21(28(23)4)15(3)32-18-10-11-19(24)14(2)12-18/h6-12,15H,5,13H2,1-4H3,(H,25,29). The zero-order valence-electron chi connectivity index (χ0n) is 18.8. The number of nitrogens with one attached hydrogen (secondary N) is 1. The van der Waals surface area contributed by atoms with E-state index >= 15 is 0 Å². The minimum Gasteiger partial charge on any atom is -0.483 e. The molecule has 1 N–H and O–H groups in total. The van der Waals surface area contributed by atoms with Crippen molar-refractivity contribution in [2.24, 2.45) is 7.05 Å². The average Bonchev–Trinajstić information content (AvgIpc) is 3.16. The molecule has 1 heterocycles. The first-order valence-electron chi connectivity index (χ1n) is 10.3. The molecule has 3 rings (SSSR count). The van der Waals surface area contributed by atoms with Crippen molar-refractivity contribution < 1.29 is 19.1 Å². The van der Waals surface area contributed by atoms with Crippen LogP contribution in [0.2, 0.25) is 5.02 Å². The molecule has 1 atom stereocenters. The lowest BCUT2D eigenvalue weighted by atomic mass is 10.2. The van der Waals surface area contributed by atoms with Gasteiger partial charge in [0, 0.05) is 17.8 Å². The van der Waals surface area contributed by atoms with Gasteiger partial charge in [-0.3, -0.25) is 4.79 Å². The van der Waals surface area contributed by atoms with E-state index in [1.165, 1.54) is 11.8 Å². The Morgan fingerprint density at radius 3 is 2.58 bits per heavy atom. The minimum absolute atomic E-state index is 0.150. The lowest BCUT2D eigenvalue weighted by Gasteiger charge is -2.15. The van der Waals surface area contributed by atoms with Crippen molar-refractivity contribution in [3.63, 3.8) is 0 Å². The highest BCUT2D eigenvalue weighted by atomic mass is 35.5. The maximum Gasteiger partial charge on any atom is 0.338 e. The van der Waals surface area contributed by atoms with Gasteiger partial charge in [0.05, 0.1) is 17.9 Å². The number of aromatic nitrogens is 3. The Kier molecular flexibility index (Phi) is 8.35. The first-order chi connectivity index (χ1) is 15.8. The smallest absolute Gasteiger partial charge is 0.338 e. The molecule has 8 nitrogen and oxygen atoms in total. The number of anilines is 1. The molecule has 0 saturated heterocycles. The number of rotatable bonds is 9. The van der Waals surface area contributed by atoms with Crippen LogP contribution in [-0.4, -0.2) is 39.0 Å². The van der Waals surface area contributed by atoms with Crippen LogP contribution in [-0.2, 0) is 16.6 Å². The maximum absolute atomic E-state index is 12.3. The van der Waals surface area contributed by atoms with Gasteiger partial charge < -0.3 is 19.4 Å². The van der Waals surface area contributed by atoms with Crippen LogP contribution in [0.15, 0.2) is 47.6 Å². The van der Waals surface area contributed by atoms with Gasteiger partial charge in [-0.2, -0.15) is 0 Å². The number of aryl methyl sites for hydroxylation is 1. The second-order valence-electron chi connectivity index (χ2n) is 7.21. The molecule has 0 spiro atoms. The first-order valence-corrected chi connectivity index (χ1v) is 11.7. The zero-order chi connectivity index (χ0) is 24.0. The number of nitrogens with zero attached hydrogens (tertiary/aromatic N) is 3. The Morgan fingerprint density at radius 2 is 1.91 bits per heavy atom. The number of halogens is 1. The number of carbonyl (C=O) groups is 2. The van der Waals surface area contributed by atoms with Crippen molar-refractivity contribution >= 4 is 40.9 Å². The Bertz CT molecular complexity index is 1130. The second kappa shape index (κ2) is 11.2. The average molecular weight is 489 g/mol. The number of ether oxygens (including phenoxy) is 2. The van der Waals surface area contributed by atoms with Crippen LogP contribution in [0.25, 0.3) is 0 Å². The summed E-state index contributed by atoms with van der Waals surface area (Å²) in [6.07, 6.45) is -0.343. The fraction of sp³-hybridized carbons (Fsp3) is 0.304. The molecule has 0 radical (unpaired) electrons. The van der Waals surface area contributed by atoms with E-state index in [-0.39, 0.29) is 17.8 Å². The number of benzene rings is 2. The topological polar surface area (TPSA) is 95.3 Å². The molecular weight excluding hydrogens is 464 g/mol. The van der Waals surface area contributed by atoms with Gasteiger partial charge in [0.1, 0.15) is 5.75 Å². The molecule has 3 aromatic rings. The predicted octanol–water partition coefficient (Wildman–Crippen LogP) is 4.82. The number of carbonyl (C=O) groups excluding carboxylic acids is 2. The van der Waals surface area contributed by atoms with Gasteiger partial charge in [-0.25, -0.2) is 4.79 Å². The summed E-state index contributed by atoms with van der Waals surface area (Å²) in [5, 5.41) is 12.5. The van der Waals surface area contributed by atoms with Crippen molar-refractivity contribution in [3.8, 4) is 5.75 Å². The van der Waals surface area contributed by atoms with Crippen molar-refractivity contribution in [1.29, 1.82) is 0 Å². The lowest BCUT2D eigenvalue weighted by molar-refractivity contribution is -0.113. The summed E-state index contributed by atoms with van der Waals surface area (Å²) in [4.78, 5) is 24.1. The molecule has 1 aromatic heterocycles. The van der Waals surface area contributed by atoms with Crippen LogP contribution >= 0.6 is 23.4 Å². The first kappa shape index (κ1) is 24.6. The van der Waals surface area contributed by atoms with Crippen LogP contribution in [0, 0.1) is 6.92 Å². The van der Waals surface area contributed by atoms with Crippen LogP contribution in [0.5, 0.6) is 5.75 Å². The lowest BCUT2D eigenvalue weighted by Crippen LogP contribution is -2.15. The van der Waals surface area contributed by atoms with E-state index in [9.17, 15) is 9.59 Å². The fourth-order valence-electron chi connectivity index (χ4n) is 2.98. The van der Waals surface area contributed by atoms with E-state index in [0.717, 1.165) is 5.56 Å². The van der Waals surface area contributed by atoms with E-state index in [1.807, 2.05) is 33.0 Å². The molecule has 0 aliphatic carbocycles. The normalized spacial score (nSPS) is 11.7. The summed E-state index contributed by atoms with van der Waals surface area (Å²) in [6.45, 7) is 5.86. The Hall–Kier alpha value is -3.04. The summed E-state index contributed by atoms with van der Waals surface area (Å²) >= 11 is 7.34. The number of esters is 1. The Morgan fingerprint density at radius 1 is 1.18 bits per heavy atom. The fourth-order valence-corrected chi connectivity index (χ4v) is 3.82. The van der Waals surface area contributed by atoms with Gasteiger partial charge in [-0.05, 0) is 68.8 Å². The van der Waals surface area contributed by atoms with Crippen LogP contribution in [0.1, 0.15) is 41.7 Å². The molecule has 1 unspecified atom stereocenters. The highest BCUT2D eigenvalue weighted by Gasteiger charge is 2.18. The summed E-state index contributed by atoms with van der Waals surface area (Å²) in [5.74, 6) is 0.884. The van der Waals surface area contributed by atoms with E-state index in [4.69, 9.17) is 21.1 Å². The largest absolute Gasteiger partial charge is 0.483 e. The molecule has 0 fully saturated rings. The molecule has 2 aromatic carbocycles. The third-order valence-electron chi connectivity index (χ3n) is 4.69. The SMILES string of the molecule is CCOC(=O)c1ccc(NC(=O)CSc2nnc(C(C)Oc3ccc(Cl)c(C)c3)n2C)cc1. The molecule has 0 saturated carbocycles. The van der Waals surface area contributed by atoms with Gasteiger partial charge in [-0.15, -0.1) is 10.2 Å². The quantitative estimate of drug-likeness (QED) is 0.340. The van der Waals surface area contributed by atoms with E-state index in [1.54, 1.807) is 41.8 Å². The maximum atomic E-state index is 12.3. The molecular formula is C23H25ClN4O4S. The monoisotopic (exact) mass is 488 g/mol. The van der Waals surface area contributed by atoms with E-state index < -0.39 is 5.97 Å². The summed E-state index contributed by atoms with van der Waals surface area (Å²) < 4.78 is 12.7. The molecule has 174 valence electrons. The molecule has 0 bridgehead atoms. The molecule has 0 aliphatic heterocycles. The molecule has 0 aliphatic rings. The van der Waals surface area contributed by atoms with Gasteiger partial charge in [0.25, 0.3) is 0 Å². The number of hydrogen-bond donors (Lipinski definition) is 1. The molecule has 10 heteroatoms. The van der Waals surface area contributed by atoms with Crippen LogP contribution in [0.4, 0.5) is 5.69 Å². The van der Waals surface area contributed by atoms with E-state index in [0.29, 0.717) is 39.6 Å². The second-order valence-corrected chi connectivity index (χ2v) is 8.56. The third kappa shape index (κ3) is 6.49. The van der Waals surface area contributed by atoms with Crippen LogP contribution in [0.3, 0.4) is 0 Å². The molecule has 1 amide bonds. The Balaban J connectivity index is 1.54. The Labute approximate surface area is 201 Å². The number of thioether (sulfide) groups is 1. The van der Waals surface area contributed by atoms with Crippen LogP contribution < -0.4 is 10.1 Å². The van der Waals surface area contributed by atoms with Crippen molar-refractivity contribution in [1.82, 2.24) is 14.8 Å².